The minimum Gasteiger partial charge on any atom is -0.389 e. The van der Waals surface area contributed by atoms with Gasteiger partial charge in [-0.2, -0.15) is 0 Å². The van der Waals surface area contributed by atoms with Crippen LogP contribution in [0.25, 0.3) is 0 Å². The standard InChI is InChI=1S/C29H33NO3/c1-30(21-11-3-2-10-16-27(32)22-31)29(33)26-19-17-25(18-20-26)28(23-12-6-4-7-13-23)24-14-8-5-9-15-24/h4-9,12-15,17-20,28,31H,2-3,10-11,16,21-22H2,1H3. The van der Waals surface area contributed by atoms with Crippen molar-refractivity contribution in [2.75, 3.05) is 20.2 Å². The number of aliphatic hydroxyl groups is 1. The average Bonchev–Trinajstić information content (AvgIpc) is 2.87. The number of nitrogens with zero attached hydrogens (tertiary/aromatic N) is 1. The Balaban J connectivity index is 1.61. The summed E-state index contributed by atoms with van der Waals surface area (Å²) in [4.78, 5) is 25.8. The smallest absolute Gasteiger partial charge is 0.253 e. The number of carbonyl (C=O) groups is 2. The van der Waals surface area contributed by atoms with Gasteiger partial charge in [-0.3, -0.25) is 9.59 Å². The summed E-state index contributed by atoms with van der Waals surface area (Å²) in [6.45, 7) is 0.318. The highest BCUT2D eigenvalue weighted by Crippen LogP contribution is 2.31. The number of hydrogen-bond donors (Lipinski definition) is 1. The summed E-state index contributed by atoms with van der Waals surface area (Å²) in [6.07, 6.45) is 4.03. The zero-order valence-corrected chi connectivity index (χ0v) is 19.3. The molecule has 3 aromatic carbocycles. The zero-order valence-electron chi connectivity index (χ0n) is 19.3. The molecule has 0 aliphatic carbocycles. The summed E-state index contributed by atoms with van der Waals surface area (Å²) in [7, 11) is 1.84. The molecule has 0 radical (unpaired) electrons. The van der Waals surface area contributed by atoms with Crippen LogP contribution in [0.4, 0.5) is 0 Å². The van der Waals surface area contributed by atoms with Crippen LogP contribution in [-0.2, 0) is 4.79 Å². The van der Waals surface area contributed by atoms with Gasteiger partial charge in [0.15, 0.2) is 5.78 Å². The first-order valence-corrected chi connectivity index (χ1v) is 11.7. The normalized spacial score (nSPS) is 10.9. The molecule has 1 N–H and O–H groups in total. The summed E-state index contributed by atoms with van der Waals surface area (Å²) in [5.74, 6) is 0.0347. The van der Waals surface area contributed by atoms with Crippen molar-refractivity contribution >= 4 is 11.7 Å². The molecule has 0 aromatic heterocycles. The third-order valence-electron chi connectivity index (χ3n) is 5.98. The number of carbonyl (C=O) groups excluding carboxylic acids is 2. The van der Waals surface area contributed by atoms with Gasteiger partial charge in [0, 0.05) is 31.5 Å². The van der Waals surface area contributed by atoms with Crippen molar-refractivity contribution in [1.29, 1.82) is 0 Å². The first-order valence-electron chi connectivity index (χ1n) is 11.7. The molecule has 4 nitrogen and oxygen atoms in total. The maximum Gasteiger partial charge on any atom is 0.253 e. The molecular weight excluding hydrogens is 410 g/mol. The molecule has 172 valence electrons. The van der Waals surface area contributed by atoms with Gasteiger partial charge in [-0.15, -0.1) is 0 Å². The molecular formula is C29H33NO3. The van der Waals surface area contributed by atoms with E-state index in [0.717, 1.165) is 31.2 Å². The Bertz CT molecular complexity index is 961. The fourth-order valence-electron chi connectivity index (χ4n) is 4.11. The van der Waals surface area contributed by atoms with E-state index in [-0.39, 0.29) is 24.2 Å². The third-order valence-corrected chi connectivity index (χ3v) is 5.98. The van der Waals surface area contributed by atoms with E-state index in [4.69, 9.17) is 5.11 Å². The van der Waals surface area contributed by atoms with E-state index in [9.17, 15) is 9.59 Å². The van der Waals surface area contributed by atoms with Gasteiger partial charge in [-0.25, -0.2) is 0 Å². The van der Waals surface area contributed by atoms with E-state index in [2.05, 4.69) is 60.7 Å². The minimum absolute atomic E-state index is 0.0213. The van der Waals surface area contributed by atoms with Crippen LogP contribution >= 0.6 is 0 Å². The number of rotatable bonds is 12. The van der Waals surface area contributed by atoms with Crippen LogP contribution in [0.3, 0.4) is 0 Å². The van der Waals surface area contributed by atoms with Gasteiger partial charge in [0.05, 0.1) is 0 Å². The maximum absolute atomic E-state index is 12.9. The van der Waals surface area contributed by atoms with Crippen molar-refractivity contribution < 1.29 is 14.7 Å². The second kappa shape index (κ2) is 12.7. The Morgan fingerprint density at radius 1 is 0.727 bits per heavy atom. The quantitative estimate of drug-likeness (QED) is 0.299. The summed E-state index contributed by atoms with van der Waals surface area (Å²) in [6, 6.07) is 28.8. The highest BCUT2D eigenvalue weighted by molar-refractivity contribution is 5.94. The summed E-state index contributed by atoms with van der Waals surface area (Å²) in [5.41, 5.74) is 4.29. The molecule has 0 spiro atoms. The molecule has 0 aliphatic heterocycles. The molecule has 0 bridgehead atoms. The van der Waals surface area contributed by atoms with Gasteiger partial charge in [-0.05, 0) is 41.7 Å². The Morgan fingerprint density at radius 3 is 1.79 bits per heavy atom. The van der Waals surface area contributed by atoms with E-state index in [1.54, 1.807) is 4.90 Å². The molecule has 0 unspecified atom stereocenters. The van der Waals surface area contributed by atoms with E-state index in [1.807, 2.05) is 31.3 Å². The number of hydrogen-bond acceptors (Lipinski definition) is 3. The molecule has 0 saturated carbocycles. The highest BCUT2D eigenvalue weighted by Gasteiger charge is 2.18. The molecule has 0 atom stereocenters. The molecule has 0 aliphatic rings. The topological polar surface area (TPSA) is 57.6 Å². The third kappa shape index (κ3) is 7.13. The first-order chi connectivity index (χ1) is 16.1. The van der Waals surface area contributed by atoms with E-state index in [0.29, 0.717) is 18.5 Å². The van der Waals surface area contributed by atoms with Gasteiger partial charge in [0.2, 0.25) is 0 Å². The minimum atomic E-state index is -0.368. The monoisotopic (exact) mass is 443 g/mol. The van der Waals surface area contributed by atoms with Crippen LogP contribution in [0.5, 0.6) is 0 Å². The van der Waals surface area contributed by atoms with Gasteiger partial charge in [0.25, 0.3) is 5.91 Å². The van der Waals surface area contributed by atoms with Gasteiger partial charge < -0.3 is 10.0 Å². The van der Waals surface area contributed by atoms with Crippen LogP contribution in [0.2, 0.25) is 0 Å². The Morgan fingerprint density at radius 2 is 1.24 bits per heavy atom. The summed E-state index contributed by atoms with van der Waals surface area (Å²) in [5, 5.41) is 8.75. The second-order valence-corrected chi connectivity index (χ2v) is 8.46. The zero-order chi connectivity index (χ0) is 23.5. The Hall–Kier alpha value is -3.24. The van der Waals surface area contributed by atoms with Crippen LogP contribution in [0, 0.1) is 0 Å². The molecule has 0 saturated heterocycles. The lowest BCUT2D eigenvalue weighted by molar-refractivity contribution is -0.121. The number of Topliss-reactive ketones (excluding diaryl/α,β-unsaturated/α-hetero) is 1. The van der Waals surface area contributed by atoms with Crippen LogP contribution in [0.15, 0.2) is 84.9 Å². The van der Waals surface area contributed by atoms with Crippen molar-refractivity contribution in [1.82, 2.24) is 4.90 Å². The number of aliphatic hydroxyl groups excluding tert-OH is 1. The van der Waals surface area contributed by atoms with Gasteiger partial charge in [0.1, 0.15) is 6.61 Å². The van der Waals surface area contributed by atoms with Crippen molar-refractivity contribution in [2.24, 2.45) is 0 Å². The van der Waals surface area contributed by atoms with Crippen LogP contribution < -0.4 is 0 Å². The van der Waals surface area contributed by atoms with Crippen molar-refractivity contribution in [3.05, 3.63) is 107 Å². The predicted octanol–water partition coefficient (Wildman–Crippen LogP) is 5.45. The number of amides is 1. The van der Waals surface area contributed by atoms with E-state index < -0.39 is 0 Å². The Labute approximate surface area is 196 Å². The largest absolute Gasteiger partial charge is 0.389 e. The lowest BCUT2D eigenvalue weighted by Gasteiger charge is -2.20. The number of unbranched alkanes of at least 4 members (excludes halogenated alkanes) is 3. The molecule has 0 heterocycles. The molecule has 0 fully saturated rings. The molecule has 1 amide bonds. The summed E-state index contributed by atoms with van der Waals surface area (Å²) < 4.78 is 0. The fraction of sp³-hybridized carbons (Fsp3) is 0.310. The lowest BCUT2D eigenvalue weighted by atomic mass is 9.85. The molecule has 33 heavy (non-hydrogen) atoms. The van der Waals surface area contributed by atoms with Crippen LogP contribution in [-0.4, -0.2) is 41.9 Å². The summed E-state index contributed by atoms with van der Waals surface area (Å²) >= 11 is 0. The maximum atomic E-state index is 12.9. The van der Waals surface area contributed by atoms with E-state index >= 15 is 0 Å². The molecule has 3 aromatic rings. The first kappa shape index (κ1) is 24.4. The Kier molecular flexibility index (Phi) is 9.40. The molecule has 3 rings (SSSR count). The molecule has 4 heteroatoms. The van der Waals surface area contributed by atoms with Crippen molar-refractivity contribution in [3.8, 4) is 0 Å². The number of ketones is 1. The van der Waals surface area contributed by atoms with Crippen molar-refractivity contribution in [3.63, 3.8) is 0 Å². The number of benzene rings is 3. The highest BCUT2D eigenvalue weighted by atomic mass is 16.3. The fourth-order valence-corrected chi connectivity index (χ4v) is 4.11. The SMILES string of the molecule is CN(CCCCCCC(=O)CO)C(=O)c1ccc(C(c2ccccc2)c2ccccc2)cc1. The second-order valence-electron chi connectivity index (χ2n) is 8.46. The van der Waals surface area contributed by atoms with Crippen molar-refractivity contribution in [2.45, 2.75) is 38.0 Å². The van der Waals surface area contributed by atoms with Gasteiger partial charge in [-0.1, -0.05) is 85.6 Å². The van der Waals surface area contributed by atoms with Gasteiger partial charge >= 0.3 is 0 Å². The average molecular weight is 444 g/mol. The predicted molar refractivity (Wildman–Crippen MR) is 132 cm³/mol. The van der Waals surface area contributed by atoms with Crippen LogP contribution in [0.1, 0.15) is 65.1 Å². The lowest BCUT2D eigenvalue weighted by Crippen LogP contribution is -2.27. The van der Waals surface area contributed by atoms with E-state index in [1.165, 1.54) is 11.1 Å².